The molecule has 3 amide bonds. The Kier molecular flexibility index (Phi) is 7.06. The molecule has 34 heavy (non-hydrogen) atoms. The molecular weight excluding hydrogens is 432 g/mol. The number of oxazole rings is 1. The zero-order chi connectivity index (χ0) is 24.1. The summed E-state index contributed by atoms with van der Waals surface area (Å²) in [6.45, 7) is 1.86. The molecule has 1 aliphatic carbocycles. The monoisotopic (exact) mass is 460 g/mol. The van der Waals surface area contributed by atoms with Gasteiger partial charge in [-0.1, -0.05) is 29.8 Å². The molecule has 1 fully saturated rings. The third-order valence-corrected chi connectivity index (χ3v) is 6.29. The van der Waals surface area contributed by atoms with Crippen molar-refractivity contribution in [3.63, 3.8) is 0 Å². The Morgan fingerprint density at radius 3 is 2.24 bits per heavy atom. The summed E-state index contributed by atoms with van der Waals surface area (Å²) in [6, 6.07) is 14.8. The van der Waals surface area contributed by atoms with Crippen molar-refractivity contribution in [3.05, 3.63) is 66.8 Å². The van der Waals surface area contributed by atoms with Crippen molar-refractivity contribution in [1.29, 1.82) is 0 Å². The summed E-state index contributed by atoms with van der Waals surface area (Å²) in [7, 11) is 0. The summed E-state index contributed by atoms with van der Waals surface area (Å²) >= 11 is 0. The van der Waals surface area contributed by atoms with Crippen molar-refractivity contribution in [3.8, 4) is 11.3 Å². The fourth-order valence-electron chi connectivity index (χ4n) is 4.29. The maximum atomic E-state index is 13.4. The third kappa shape index (κ3) is 5.51. The number of nitrogens with two attached hydrogens (primary N) is 1. The van der Waals surface area contributed by atoms with Gasteiger partial charge >= 0.3 is 0 Å². The van der Waals surface area contributed by atoms with E-state index in [-0.39, 0.29) is 36.1 Å². The first-order chi connectivity index (χ1) is 16.4. The van der Waals surface area contributed by atoms with Gasteiger partial charge in [0.1, 0.15) is 18.5 Å². The van der Waals surface area contributed by atoms with E-state index in [4.69, 9.17) is 10.2 Å². The number of carbonyl (C=O) groups is 3. The van der Waals surface area contributed by atoms with E-state index in [9.17, 15) is 14.4 Å². The van der Waals surface area contributed by atoms with E-state index in [2.05, 4.69) is 10.3 Å². The molecule has 0 aliphatic heterocycles. The summed E-state index contributed by atoms with van der Waals surface area (Å²) < 4.78 is 5.01. The molecule has 0 saturated heterocycles. The van der Waals surface area contributed by atoms with E-state index in [0.29, 0.717) is 42.8 Å². The normalized spacial score (nSPS) is 17.7. The van der Waals surface area contributed by atoms with E-state index in [1.165, 1.54) is 11.3 Å². The molecule has 1 heterocycles. The first kappa shape index (κ1) is 23.2. The van der Waals surface area contributed by atoms with Gasteiger partial charge in [-0.15, -0.1) is 0 Å². The lowest BCUT2D eigenvalue weighted by atomic mass is 9.81. The number of hydrogen-bond acceptors (Lipinski definition) is 5. The predicted molar refractivity (Wildman–Crippen MR) is 129 cm³/mol. The summed E-state index contributed by atoms with van der Waals surface area (Å²) in [6.07, 6.45) is 5.27. The molecule has 0 spiro atoms. The Labute approximate surface area is 198 Å². The minimum Gasteiger partial charge on any atom is -0.451 e. The maximum absolute atomic E-state index is 13.4. The molecule has 176 valence electrons. The van der Waals surface area contributed by atoms with Gasteiger partial charge in [0.25, 0.3) is 0 Å². The molecule has 1 aliphatic rings. The highest BCUT2D eigenvalue weighted by Crippen LogP contribution is 2.31. The minimum atomic E-state index is -0.310. The Balaban J connectivity index is 1.46. The number of amides is 3. The molecule has 3 N–H and O–H groups in total. The van der Waals surface area contributed by atoms with Crippen LogP contribution in [-0.2, 0) is 14.4 Å². The number of benzene rings is 2. The number of primary amides is 1. The van der Waals surface area contributed by atoms with Gasteiger partial charge in [0, 0.05) is 28.8 Å². The van der Waals surface area contributed by atoms with Crippen LogP contribution in [0.4, 0.5) is 11.4 Å². The largest absolute Gasteiger partial charge is 0.451 e. The lowest BCUT2D eigenvalue weighted by Crippen LogP contribution is -2.43. The van der Waals surface area contributed by atoms with Crippen LogP contribution < -0.4 is 16.0 Å². The molecule has 1 saturated carbocycles. The van der Waals surface area contributed by atoms with Crippen LogP contribution in [0.2, 0.25) is 0 Å². The van der Waals surface area contributed by atoms with Gasteiger partial charge in [-0.2, -0.15) is 0 Å². The first-order valence-corrected chi connectivity index (χ1v) is 11.4. The zero-order valence-corrected chi connectivity index (χ0v) is 19.1. The van der Waals surface area contributed by atoms with Crippen molar-refractivity contribution in [2.45, 2.75) is 32.6 Å². The summed E-state index contributed by atoms with van der Waals surface area (Å²) in [5, 5.41) is 2.87. The second kappa shape index (κ2) is 10.3. The number of anilines is 2. The van der Waals surface area contributed by atoms with Gasteiger partial charge in [0.15, 0.2) is 6.39 Å². The molecule has 3 aromatic rings. The second-order valence-electron chi connectivity index (χ2n) is 8.71. The average molecular weight is 461 g/mol. The van der Waals surface area contributed by atoms with Crippen molar-refractivity contribution in [2.75, 3.05) is 16.8 Å². The Bertz CT molecular complexity index is 1130. The van der Waals surface area contributed by atoms with Crippen molar-refractivity contribution >= 4 is 29.1 Å². The fourth-order valence-corrected chi connectivity index (χ4v) is 4.29. The molecule has 0 radical (unpaired) electrons. The smallest absolute Gasteiger partial charge is 0.244 e. The summed E-state index contributed by atoms with van der Waals surface area (Å²) in [5.74, 6) is -1.14. The lowest BCUT2D eigenvalue weighted by molar-refractivity contribution is -0.128. The van der Waals surface area contributed by atoms with Crippen molar-refractivity contribution < 1.29 is 18.8 Å². The van der Waals surface area contributed by atoms with Gasteiger partial charge in [-0.3, -0.25) is 14.4 Å². The van der Waals surface area contributed by atoms with Gasteiger partial charge in [0.05, 0.1) is 0 Å². The van der Waals surface area contributed by atoms with Crippen LogP contribution in [0.25, 0.3) is 11.3 Å². The van der Waals surface area contributed by atoms with Crippen molar-refractivity contribution in [2.24, 2.45) is 17.6 Å². The number of nitrogens with one attached hydrogen (secondary N) is 1. The zero-order valence-electron chi connectivity index (χ0n) is 19.1. The number of hydrogen-bond donors (Lipinski definition) is 2. The Morgan fingerprint density at radius 2 is 1.65 bits per heavy atom. The van der Waals surface area contributed by atoms with Crippen molar-refractivity contribution in [1.82, 2.24) is 4.98 Å². The van der Waals surface area contributed by atoms with Gasteiger partial charge < -0.3 is 20.4 Å². The maximum Gasteiger partial charge on any atom is 0.244 e. The fraction of sp³-hybridized carbons (Fsp3) is 0.308. The Hall–Kier alpha value is -3.94. The first-order valence-electron chi connectivity index (χ1n) is 11.4. The quantitative estimate of drug-likeness (QED) is 0.554. The topological polar surface area (TPSA) is 119 Å². The van der Waals surface area contributed by atoms with Crippen LogP contribution in [0.15, 0.2) is 65.6 Å². The molecule has 1 aromatic heterocycles. The SMILES string of the molecule is Cc1ccc(N(CC(=O)Nc2ccc(-c3cocn3)cc2)C(=O)[C@H]2CC[C@H](C(N)=O)CC2)cc1. The lowest BCUT2D eigenvalue weighted by Gasteiger charge is -2.31. The molecule has 0 unspecified atom stereocenters. The molecule has 4 rings (SSSR count). The van der Waals surface area contributed by atoms with E-state index < -0.39 is 0 Å². The van der Waals surface area contributed by atoms with Gasteiger partial charge in [0.2, 0.25) is 17.7 Å². The number of nitrogens with zero attached hydrogens (tertiary/aromatic N) is 2. The molecule has 8 nitrogen and oxygen atoms in total. The molecular formula is C26H28N4O4. The summed E-state index contributed by atoms with van der Waals surface area (Å²) in [5.41, 5.74) is 9.37. The Morgan fingerprint density at radius 1 is 1.00 bits per heavy atom. The predicted octanol–water partition coefficient (Wildman–Crippen LogP) is 3.91. The van der Waals surface area contributed by atoms with Crippen LogP contribution in [-0.4, -0.2) is 29.3 Å². The summed E-state index contributed by atoms with van der Waals surface area (Å²) in [4.78, 5) is 43.5. The van der Waals surface area contributed by atoms with E-state index in [0.717, 1.165) is 11.1 Å². The van der Waals surface area contributed by atoms with Crippen LogP contribution >= 0.6 is 0 Å². The number of aryl methyl sites for hydroxylation is 1. The standard InChI is InChI=1S/C26H28N4O4/c1-17-2-12-22(13-3-17)30(26(33)20-6-4-19(5-7-20)25(27)32)14-24(31)29-21-10-8-18(9-11-21)23-15-34-16-28-23/h2-3,8-13,15-16,19-20H,4-7,14H2,1H3,(H2,27,32)(H,29,31)/t19-,20-. The number of rotatable bonds is 7. The third-order valence-electron chi connectivity index (χ3n) is 6.29. The minimum absolute atomic E-state index is 0.108. The van der Waals surface area contributed by atoms with Crippen LogP contribution in [0.5, 0.6) is 0 Å². The average Bonchev–Trinajstić information content (AvgIpc) is 3.38. The highest BCUT2D eigenvalue weighted by molar-refractivity contribution is 6.03. The van der Waals surface area contributed by atoms with Crippen LogP contribution in [0.3, 0.4) is 0 Å². The molecule has 0 bridgehead atoms. The highest BCUT2D eigenvalue weighted by atomic mass is 16.3. The molecule has 0 atom stereocenters. The van der Waals surface area contributed by atoms with Gasteiger partial charge in [-0.25, -0.2) is 4.98 Å². The van der Waals surface area contributed by atoms with E-state index in [1.807, 2.05) is 43.3 Å². The van der Waals surface area contributed by atoms with E-state index in [1.54, 1.807) is 18.4 Å². The highest BCUT2D eigenvalue weighted by Gasteiger charge is 2.32. The second-order valence-corrected chi connectivity index (χ2v) is 8.71. The molecule has 8 heteroatoms. The van der Waals surface area contributed by atoms with Crippen LogP contribution in [0, 0.1) is 18.8 Å². The molecule has 2 aromatic carbocycles. The number of carbonyl (C=O) groups excluding carboxylic acids is 3. The van der Waals surface area contributed by atoms with E-state index >= 15 is 0 Å². The number of aromatic nitrogens is 1. The van der Waals surface area contributed by atoms with Gasteiger partial charge in [-0.05, 0) is 56.9 Å². The van der Waals surface area contributed by atoms with Crippen LogP contribution in [0.1, 0.15) is 31.2 Å².